The zero-order chi connectivity index (χ0) is 29.8. The van der Waals surface area contributed by atoms with E-state index in [1.54, 1.807) is 0 Å². The highest BCUT2D eigenvalue weighted by Crippen LogP contribution is 2.38. The maximum atomic E-state index is 13.3. The molecule has 0 bridgehead atoms. The molecule has 0 aliphatic carbocycles. The summed E-state index contributed by atoms with van der Waals surface area (Å²) in [5.41, 5.74) is 2.17. The first-order valence-electron chi connectivity index (χ1n) is 14.3. The molecular formula is C35H38BNO5. The van der Waals surface area contributed by atoms with Gasteiger partial charge in [-0.2, -0.15) is 0 Å². The molecule has 4 aromatic rings. The second kappa shape index (κ2) is 12.1. The summed E-state index contributed by atoms with van der Waals surface area (Å²) in [5, 5.41) is 3.67. The third-order valence-electron chi connectivity index (χ3n) is 8.32. The molecule has 0 aromatic heterocycles. The highest BCUT2D eigenvalue weighted by atomic mass is 16.7. The lowest BCUT2D eigenvalue weighted by Gasteiger charge is -2.39. The van der Waals surface area contributed by atoms with E-state index >= 15 is 0 Å². The van der Waals surface area contributed by atoms with E-state index in [2.05, 4.69) is 41.7 Å². The minimum atomic E-state index is -0.855. The molecule has 0 radical (unpaired) electrons. The zero-order valence-corrected chi connectivity index (χ0v) is 24.9. The summed E-state index contributed by atoms with van der Waals surface area (Å²) in [4.78, 5) is 13.3. The van der Waals surface area contributed by atoms with Gasteiger partial charge in [-0.1, -0.05) is 103 Å². The molecule has 0 saturated carbocycles. The lowest BCUT2D eigenvalue weighted by atomic mass is 9.76. The van der Waals surface area contributed by atoms with E-state index in [9.17, 15) is 4.79 Å². The first kappa shape index (κ1) is 29.6. The van der Waals surface area contributed by atoms with Crippen LogP contribution in [0.25, 0.3) is 0 Å². The number of carbonyl (C=O) groups is 1. The van der Waals surface area contributed by atoms with Gasteiger partial charge < -0.3 is 18.8 Å². The summed E-state index contributed by atoms with van der Waals surface area (Å²) in [6.45, 7) is 8.18. The lowest BCUT2D eigenvalue weighted by Crippen LogP contribution is -2.55. The Morgan fingerprint density at radius 3 is 1.57 bits per heavy atom. The van der Waals surface area contributed by atoms with Crippen LogP contribution in [0.4, 0.5) is 0 Å². The van der Waals surface area contributed by atoms with Crippen molar-refractivity contribution in [1.29, 1.82) is 0 Å². The van der Waals surface area contributed by atoms with Crippen LogP contribution >= 0.6 is 0 Å². The average Bonchev–Trinajstić information content (AvgIpc) is 3.24. The topological polar surface area (TPSA) is 66.0 Å². The van der Waals surface area contributed by atoms with Crippen LogP contribution < -0.4 is 15.5 Å². The molecule has 4 aromatic carbocycles. The smallest absolute Gasteiger partial charge is 0.491 e. The molecule has 0 amide bonds. The number of hydrogen-bond acceptors (Lipinski definition) is 6. The monoisotopic (exact) mass is 563 g/mol. The predicted octanol–water partition coefficient (Wildman–Crippen LogP) is 5.49. The summed E-state index contributed by atoms with van der Waals surface area (Å²) in [7, 11) is 0.933. The third kappa shape index (κ3) is 5.86. The molecule has 1 heterocycles. The van der Waals surface area contributed by atoms with Crippen LogP contribution in [0.5, 0.6) is 5.75 Å². The van der Waals surface area contributed by atoms with E-state index in [1.165, 1.54) is 7.11 Å². The van der Waals surface area contributed by atoms with Crippen LogP contribution in [-0.4, -0.2) is 44.0 Å². The number of ether oxygens (including phenoxy) is 2. The lowest BCUT2D eigenvalue weighted by molar-refractivity contribution is -0.144. The van der Waals surface area contributed by atoms with Gasteiger partial charge >= 0.3 is 13.1 Å². The number of rotatable bonds is 10. The number of nitrogens with one attached hydrogen (secondary N) is 1. The number of benzene rings is 4. The van der Waals surface area contributed by atoms with Gasteiger partial charge in [0.05, 0.1) is 23.9 Å². The fraction of sp³-hybridized carbons (Fsp3) is 0.286. The summed E-state index contributed by atoms with van der Waals surface area (Å²) in [6.07, 6.45) is 0. The van der Waals surface area contributed by atoms with Gasteiger partial charge in [0.1, 0.15) is 18.4 Å². The number of esters is 1. The first-order chi connectivity index (χ1) is 20.2. The Morgan fingerprint density at radius 1 is 0.738 bits per heavy atom. The van der Waals surface area contributed by atoms with Crippen molar-refractivity contribution in [3.8, 4) is 5.75 Å². The maximum absolute atomic E-state index is 13.3. The molecule has 1 fully saturated rings. The van der Waals surface area contributed by atoms with Crippen molar-refractivity contribution in [2.45, 2.75) is 50.5 Å². The Balaban J connectivity index is 1.44. The van der Waals surface area contributed by atoms with Gasteiger partial charge in [0, 0.05) is 0 Å². The van der Waals surface area contributed by atoms with Crippen molar-refractivity contribution in [2.75, 3.05) is 13.7 Å². The van der Waals surface area contributed by atoms with E-state index < -0.39 is 35.9 Å². The largest absolute Gasteiger partial charge is 0.494 e. The molecule has 1 saturated heterocycles. The van der Waals surface area contributed by atoms with Gasteiger partial charge in [0.2, 0.25) is 0 Å². The van der Waals surface area contributed by atoms with Crippen molar-refractivity contribution in [2.24, 2.45) is 0 Å². The molecule has 7 heteroatoms. The Hall–Kier alpha value is -3.91. The molecular weight excluding hydrogens is 525 g/mol. The average molecular weight is 564 g/mol. The van der Waals surface area contributed by atoms with E-state index in [0.29, 0.717) is 5.75 Å². The predicted molar refractivity (Wildman–Crippen MR) is 166 cm³/mol. The molecule has 1 atom stereocenters. The molecule has 42 heavy (non-hydrogen) atoms. The Morgan fingerprint density at radius 2 is 1.17 bits per heavy atom. The molecule has 0 spiro atoms. The first-order valence-corrected chi connectivity index (χ1v) is 14.3. The zero-order valence-electron chi connectivity index (χ0n) is 24.9. The van der Waals surface area contributed by atoms with Gasteiger partial charge in [-0.15, -0.1) is 0 Å². The minimum absolute atomic E-state index is 0.0523. The number of hydrogen-bond donors (Lipinski definition) is 1. The van der Waals surface area contributed by atoms with Crippen molar-refractivity contribution in [1.82, 2.24) is 5.32 Å². The standard InChI is InChI=1S/C35H38BNO5/c1-33(2)34(3,4)42-36(41-33)29-21-23-30(24-22-29)40-25-31(32(38)39-5)37-35(26-15-9-6-10-16-26,27-17-11-7-12-18-27)28-19-13-8-14-20-28/h6-24,31,37H,25H2,1-5H3. The van der Waals surface area contributed by atoms with E-state index in [4.69, 9.17) is 18.8 Å². The fourth-order valence-electron chi connectivity index (χ4n) is 5.27. The van der Waals surface area contributed by atoms with Crippen LogP contribution in [0.2, 0.25) is 0 Å². The van der Waals surface area contributed by atoms with Gasteiger partial charge in [0.15, 0.2) is 0 Å². The van der Waals surface area contributed by atoms with Gasteiger partial charge in [-0.05, 0) is 62.0 Å². The van der Waals surface area contributed by atoms with Crippen LogP contribution in [0, 0.1) is 0 Å². The molecule has 6 nitrogen and oxygen atoms in total. The molecule has 5 rings (SSSR count). The SMILES string of the molecule is COC(=O)C(COc1ccc(B2OC(C)(C)C(C)(C)O2)cc1)NC(c1ccccc1)(c1ccccc1)c1ccccc1. The molecule has 1 N–H and O–H groups in total. The van der Waals surface area contributed by atoms with Gasteiger partial charge in [0.25, 0.3) is 0 Å². The summed E-state index contributed by atoms with van der Waals surface area (Å²) < 4.78 is 23.8. The Kier molecular flexibility index (Phi) is 8.55. The fourth-order valence-corrected chi connectivity index (χ4v) is 5.27. The van der Waals surface area contributed by atoms with Gasteiger partial charge in [-0.3, -0.25) is 10.1 Å². The van der Waals surface area contributed by atoms with Crippen LogP contribution in [0.3, 0.4) is 0 Å². The molecule has 216 valence electrons. The summed E-state index contributed by atoms with van der Waals surface area (Å²) in [5.74, 6) is 0.201. The maximum Gasteiger partial charge on any atom is 0.494 e. The Labute approximate surface area is 249 Å². The molecule has 1 aliphatic heterocycles. The Bertz CT molecular complexity index is 1350. The van der Waals surface area contributed by atoms with Crippen molar-refractivity contribution in [3.05, 3.63) is 132 Å². The molecule has 1 unspecified atom stereocenters. The second-order valence-corrected chi connectivity index (χ2v) is 11.5. The number of methoxy groups -OCH3 is 1. The van der Waals surface area contributed by atoms with Gasteiger partial charge in [-0.25, -0.2) is 0 Å². The van der Waals surface area contributed by atoms with E-state index in [1.807, 2.05) is 107 Å². The molecule has 1 aliphatic rings. The highest BCUT2D eigenvalue weighted by Gasteiger charge is 2.51. The van der Waals surface area contributed by atoms with Crippen LogP contribution in [-0.2, 0) is 24.4 Å². The van der Waals surface area contributed by atoms with Crippen molar-refractivity contribution >= 4 is 18.6 Å². The third-order valence-corrected chi connectivity index (χ3v) is 8.32. The minimum Gasteiger partial charge on any atom is -0.491 e. The van der Waals surface area contributed by atoms with E-state index in [0.717, 1.165) is 22.2 Å². The number of carbonyl (C=O) groups excluding carboxylic acids is 1. The van der Waals surface area contributed by atoms with Crippen molar-refractivity contribution in [3.63, 3.8) is 0 Å². The van der Waals surface area contributed by atoms with Crippen LogP contribution in [0.1, 0.15) is 44.4 Å². The van der Waals surface area contributed by atoms with Crippen LogP contribution in [0.15, 0.2) is 115 Å². The highest BCUT2D eigenvalue weighted by molar-refractivity contribution is 6.62. The van der Waals surface area contributed by atoms with Crippen molar-refractivity contribution < 1.29 is 23.6 Å². The van der Waals surface area contributed by atoms with E-state index in [-0.39, 0.29) is 6.61 Å². The second-order valence-electron chi connectivity index (χ2n) is 11.5. The summed E-state index contributed by atoms with van der Waals surface area (Å²) in [6, 6.07) is 37.2. The normalized spacial score (nSPS) is 16.5. The quantitative estimate of drug-likeness (QED) is 0.157. The summed E-state index contributed by atoms with van der Waals surface area (Å²) >= 11 is 0.